The summed E-state index contributed by atoms with van der Waals surface area (Å²) in [5.74, 6) is -2.70. The maximum atomic E-state index is 12.2. The molecule has 1 aromatic rings. The van der Waals surface area contributed by atoms with E-state index < -0.39 is 46.3 Å². The summed E-state index contributed by atoms with van der Waals surface area (Å²) >= 11 is 0. The normalized spacial score (nSPS) is 11.0. The summed E-state index contributed by atoms with van der Waals surface area (Å²) in [4.78, 5) is 32.6. The van der Waals surface area contributed by atoms with Gasteiger partial charge in [-0.15, -0.1) is 0 Å². The highest BCUT2D eigenvalue weighted by atomic mass is 19.4. The lowest BCUT2D eigenvalue weighted by Crippen LogP contribution is -2.35. The van der Waals surface area contributed by atoms with Gasteiger partial charge in [0.2, 0.25) is 0 Å². The number of hydrogen-bond donors (Lipinski definition) is 1. The van der Waals surface area contributed by atoms with Crippen LogP contribution in [-0.2, 0) is 0 Å². The van der Waals surface area contributed by atoms with Crippen LogP contribution in [0.25, 0.3) is 0 Å². The number of hydrogen-bond acceptors (Lipinski definition) is 4. The highest BCUT2D eigenvalue weighted by Crippen LogP contribution is 2.21. The molecule has 0 radical (unpaired) electrons. The summed E-state index contributed by atoms with van der Waals surface area (Å²) in [6.07, 6.45) is -4.64. The summed E-state index contributed by atoms with van der Waals surface area (Å²) in [6.45, 7) is -1.56. The van der Waals surface area contributed by atoms with Gasteiger partial charge in [0, 0.05) is 24.7 Å². The summed E-state index contributed by atoms with van der Waals surface area (Å²) in [5.41, 5.74) is -1.76. The van der Waals surface area contributed by atoms with E-state index in [4.69, 9.17) is 5.11 Å². The molecule has 1 N–H and O–H groups in total. The Morgan fingerprint density at radius 2 is 1.81 bits per heavy atom. The Morgan fingerprint density at radius 3 is 2.24 bits per heavy atom. The van der Waals surface area contributed by atoms with E-state index in [0.717, 1.165) is 19.2 Å². The fourth-order valence-electron chi connectivity index (χ4n) is 1.52. The molecular weight excluding hydrogens is 297 g/mol. The number of carbonyl (C=O) groups excluding carboxylic acids is 1. The van der Waals surface area contributed by atoms with Crippen LogP contribution in [0.5, 0.6) is 0 Å². The minimum absolute atomic E-state index is 0.296. The average Bonchev–Trinajstić information content (AvgIpc) is 2.35. The highest BCUT2D eigenvalue weighted by Gasteiger charge is 2.32. The maximum absolute atomic E-state index is 12.2. The standard InChI is InChI=1S/C11H9F3N2O5/c1-15(5-11(12,13)14)9(17)6-2-7(10(18)19)4-8(3-6)16(20)21/h2-4H,5H2,1H3,(H,18,19). The number of nitro benzene ring substituents is 1. The van der Waals surface area contributed by atoms with E-state index in [9.17, 15) is 32.9 Å². The van der Waals surface area contributed by atoms with E-state index in [1.807, 2.05) is 0 Å². The Bertz CT molecular complexity index is 568. The topological polar surface area (TPSA) is 101 Å². The number of aromatic carboxylic acids is 1. The van der Waals surface area contributed by atoms with Gasteiger partial charge >= 0.3 is 12.1 Å². The molecule has 0 bridgehead atoms. The van der Waals surface area contributed by atoms with Gasteiger partial charge in [-0.3, -0.25) is 14.9 Å². The molecule has 1 rings (SSSR count). The molecule has 0 aromatic heterocycles. The van der Waals surface area contributed by atoms with Crippen LogP contribution in [0, 0.1) is 10.1 Å². The zero-order valence-electron chi connectivity index (χ0n) is 10.5. The number of rotatable bonds is 4. The predicted octanol–water partition coefficient (Wildman–Crippen LogP) is 1.93. The summed E-state index contributed by atoms with van der Waals surface area (Å²) in [5, 5.41) is 19.5. The van der Waals surface area contributed by atoms with E-state index >= 15 is 0 Å². The summed E-state index contributed by atoms with van der Waals surface area (Å²) < 4.78 is 36.6. The van der Waals surface area contributed by atoms with Gasteiger partial charge in [-0.2, -0.15) is 13.2 Å². The van der Waals surface area contributed by atoms with Crippen LogP contribution in [0.15, 0.2) is 18.2 Å². The van der Waals surface area contributed by atoms with E-state index in [2.05, 4.69) is 0 Å². The van der Waals surface area contributed by atoms with Gasteiger partial charge in [0.05, 0.1) is 10.5 Å². The second-order valence-corrected chi connectivity index (χ2v) is 4.11. The molecule has 21 heavy (non-hydrogen) atoms. The second kappa shape index (κ2) is 5.77. The third kappa shape index (κ3) is 4.44. The quantitative estimate of drug-likeness (QED) is 0.676. The second-order valence-electron chi connectivity index (χ2n) is 4.11. The minimum Gasteiger partial charge on any atom is -0.478 e. The SMILES string of the molecule is CN(CC(F)(F)F)C(=O)c1cc(C(=O)O)cc([N+](=O)[O-])c1. The van der Waals surface area contributed by atoms with Crippen LogP contribution in [0.3, 0.4) is 0 Å². The lowest BCUT2D eigenvalue weighted by Gasteiger charge is -2.19. The van der Waals surface area contributed by atoms with Crippen molar-refractivity contribution in [2.24, 2.45) is 0 Å². The number of benzene rings is 1. The molecule has 7 nitrogen and oxygen atoms in total. The van der Waals surface area contributed by atoms with Crippen molar-refractivity contribution in [1.82, 2.24) is 4.90 Å². The van der Waals surface area contributed by atoms with Gasteiger partial charge in [0.1, 0.15) is 6.54 Å². The maximum Gasteiger partial charge on any atom is 0.406 e. The monoisotopic (exact) mass is 306 g/mol. The zero-order valence-corrected chi connectivity index (χ0v) is 10.5. The number of non-ortho nitro benzene ring substituents is 1. The Labute approximate surface area is 115 Å². The largest absolute Gasteiger partial charge is 0.478 e. The van der Waals surface area contributed by atoms with Gasteiger partial charge in [-0.25, -0.2) is 4.79 Å². The molecule has 0 spiro atoms. The molecule has 0 saturated carbocycles. The number of carboxylic acids is 1. The van der Waals surface area contributed by atoms with Crippen LogP contribution in [0.4, 0.5) is 18.9 Å². The van der Waals surface area contributed by atoms with Gasteiger partial charge < -0.3 is 10.0 Å². The van der Waals surface area contributed by atoms with Gasteiger partial charge in [0.15, 0.2) is 0 Å². The third-order valence-corrected chi connectivity index (χ3v) is 2.39. The molecule has 0 atom stereocenters. The lowest BCUT2D eigenvalue weighted by atomic mass is 10.1. The van der Waals surface area contributed by atoms with Crippen LogP contribution in [0.1, 0.15) is 20.7 Å². The van der Waals surface area contributed by atoms with Crippen molar-refractivity contribution < 1.29 is 32.8 Å². The Morgan fingerprint density at radius 1 is 1.29 bits per heavy atom. The lowest BCUT2D eigenvalue weighted by molar-refractivity contribution is -0.384. The highest BCUT2D eigenvalue weighted by molar-refractivity contribution is 5.98. The molecule has 1 amide bonds. The van der Waals surface area contributed by atoms with Crippen molar-refractivity contribution in [3.05, 3.63) is 39.4 Å². The fraction of sp³-hybridized carbons (Fsp3) is 0.273. The number of amides is 1. The van der Waals surface area contributed by atoms with Crippen molar-refractivity contribution in [3.8, 4) is 0 Å². The molecule has 10 heteroatoms. The molecule has 0 aliphatic carbocycles. The molecule has 0 saturated heterocycles. The van der Waals surface area contributed by atoms with Crippen LogP contribution in [-0.4, -0.2) is 46.6 Å². The molecule has 1 aromatic carbocycles. The summed E-state index contributed by atoms with van der Waals surface area (Å²) in [6, 6.07) is 2.22. The molecule has 0 heterocycles. The van der Waals surface area contributed by atoms with Gasteiger partial charge in [-0.1, -0.05) is 0 Å². The third-order valence-electron chi connectivity index (χ3n) is 2.39. The number of nitrogens with zero attached hydrogens (tertiary/aromatic N) is 2. The molecule has 0 fully saturated rings. The fourth-order valence-corrected chi connectivity index (χ4v) is 1.52. The zero-order chi connectivity index (χ0) is 16.4. The molecule has 0 aliphatic heterocycles. The number of nitro groups is 1. The van der Waals surface area contributed by atoms with E-state index in [1.54, 1.807) is 0 Å². The Hall–Kier alpha value is -2.65. The van der Waals surface area contributed by atoms with E-state index in [0.29, 0.717) is 11.0 Å². The van der Waals surface area contributed by atoms with E-state index in [1.165, 1.54) is 0 Å². The first-order valence-corrected chi connectivity index (χ1v) is 5.36. The van der Waals surface area contributed by atoms with Crippen LogP contribution in [0.2, 0.25) is 0 Å². The molecular formula is C11H9F3N2O5. The summed E-state index contributed by atoms with van der Waals surface area (Å²) in [7, 11) is 0.856. The number of halogens is 3. The Balaban J connectivity index is 3.20. The van der Waals surface area contributed by atoms with Crippen molar-refractivity contribution in [2.45, 2.75) is 6.18 Å². The smallest absolute Gasteiger partial charge is 0.406 e. The molecule has 0 unspecified atom stereocenters. The first kappa shape index (κ1) is 16.4. The number of carbonyl (C=O) groups is 2. The van der Waals surface area contributed by atoms with Crippen molar-refractivity contribution in [2.75, 3.05) is 13.6 Å². The Kier molecular flexibility index (Phi) is 4.51. The first-order chi connectivity index (χ1) is 9.51. The van der Waals surface area contributed by atoms with Crippen molar-refractivity contribution in [3.63, 3.8) is 0 Å². The van der Waals surface area contributed by atoms with Crippen LogP contribution < -0.4 is 0 Å². The molecule has 114 valence electrons. The first-order valence-electron chi connectivity index (χ1n) is 5.36. The van der Waals surface area contributed by atoms with Crippen molar-refractivity contribution >= 4 is 17.6 Å². The predicted molar refractivity (Wildman–Crippen MR) is 63.1 cm³/mol. The van der Waals surface area contributed by atoms with Crippen LogP contribution >= 0.6 is 0 Å². The number of alkyl halides is 3. The minimum atomic E-state index is -4.64. The van der Waals surface area contributed by atoms with Gasteiger partial charge in [-0.05, 0) is 6.07 Å². The number of carboxylic acid groups (broad SMARTS) is 1. The molecule has 0 aliphatic rings. The van der Waals surface area contributed by atoms with E-state index in [-0.39, 0.29) is 0 Å². The van der Waals surface area contributed by atoms with Gasteiger partial charge in [0.25, 0.3) is 11.6 Å². The average molecular weight is 306 g/mol. The van der Waals surface area contributed by atoms with Crippen molar-refractivity contribution in [1.29, 1.82) is 0 Å².